The van der Waals surface area contributed by atoms with Crippen molar-refractivity contribution in [2.24, 2.45) is 0 Å². The molecule has 2 aromatic rings. The van der Waals surface area contributed by atoms with Crippen LogP contribution in [0, 0.1) is 0 Å². The Hall–Kier alpha value is -2.59. The van der Waals surface area contributed by atoms with Gasteiger partial charge in [0.15, 0.2) is 0 Å². The molecule has 1 amide bonds. The van der Waals surface area contributed by atoms with Gasteiger partial charge in [-0.15, -0.1) is 0 Å². The number of carbonyl (C=O) groups excluding carboxylic acids is 1. The summed E-state index contributed by atoms with van der Waals surface area (Å²) in [4.78, 5) is 22.8. The summed E-state index contributed by atoms with van der Waals surface area (Å²) in [6, 6.07) is 3.58. The predicted molar refractivity (Wildman–Crippen MR) is 111 cm³/mol. The van der Waals surface area contributed by atoms with Crippen molar-refractivity contribution in [3.05, 3.63) is 40.3 Å². The van der Waals surface area contributed by atoms with Crippen LogP contribution in [0.4, 0.5) is 24.7 Å². The molecule has 0 bridgehead atoms. The number of benzene rings is 1. The van der Waals surface area contributed by atoms with Crippen LogP contribution in [0.15, 0.2) is 18.3 Å². The summed E-state index contributed by atoms with van der Waals surface area (Å²) in [5.41, 5.74) is 1.32. The first-order valence-corrected chi connectivity index (χ1v) is 9.95. The van der Waals surface area contributed by atoms with Gasteiger partial charge < -0.3 is 15.0 Å². The van der Waals surface area contributed by atoms with Crippen molar-refractivity contribution in [2.75, 3.05) is 46.2 Å². The van der Waals surface area contributed by atoms with E-state index in [1.165, 1.54) is 7.11 Å². The summed E-state index contributed by atoms with van der Waals surface area (Å²) < 4.78 is 45.5. The van der Waals surface area contributed by atoms with Crippen molar-refractivity contribution >= 4 is 29.0 Å². The number of methoxy groups -OCH3 is 1. The normalized spacial score (nSPS) is 14.5. The molecule has 1 aliphatic rings. The molecule has 1 aromatic carbocycles. The summed E-state index contributed by atoms with van der Waals surface area (Å²) in [6.45, 7) is 1.67. The smallest absolute Gasteiger partial charge is 0.421 e. The lowest BCUT2D eigenvalue weighted by Gasteiger charge is -2.21. The van der Waals surface area contributed by atoms with Gasteiger partial charge in [-0.1, -0.05) is 0 Å². The van der Waals surface area contributed by atoms with Crippen molar-refractivity contribution < 1.29 is 22.7 Å². The minimum Gasteiger partial charge on any atom is -0.495 e. The number of halogens is 4. The summed E-state index contributed by atoms with van der Waals surface area (Å²) in [5.74, 6) is -0.0387. The minimum atomic E-state index is -4.65. The standard InChI is InChI=1S/C20H23ClF3N5O2/c1-28(2)17(30)11-29-6-4-12-8-15(16(31-3)9-13(12)5-7-29)26-18-14(20(22,23)24)10-25-19(21)27-18/h8-10H,4-7,11H2,1-3H3,(H,25,26,27). The zero-order valence-corrected chi connectivity index (χ0v) is 18.1. The second-order valence-corrected chi connectivity index (χ2v) is 7.75. The number of fused-ring (bicyclic) bond motifs is 1. The van der Waals surface area contributed by atoms with Gasteiger partial charge in [0.25, 0.3) is 0 Å². The molecule has 0 radical (unpaired) electrons. The maximum Gasteiger partial charge on any atom is 0.421 e. The van der Waals surface area contributed by atoms with Gasteiger partial charge in [-0.2, -0.15) is 18.2 Å². The van der Waals surface area contributed by atoms with Crippen LogP contribution in [0.2, 0.25) is 5.28 Å². The van der Waals surface area contributed by atoms with Crippen molar-refractivity contribution in [1.82, 2.24) is 19.8 Å². The largest absolute Gasteiger partial charge is 0.495 e. The average Bonchev–Trinajstić information content (AvgIpc) is 2.88. The molecule has 0 saturated carbocycles. The molecule has 0 spiro atoms. The van der Waals surface area contributed by atoms with Crippen LogP contribution in [0.1, 0.15) is 16.7 Å². The number of rotatable bonds is 5. The quantitative estimate of drug-likeness (QED) is 0.694. The van der Waals surface area contributed by atoms with Gasteiger partial charge in [0.05, 0.1) is 19.3 Å². The van der Waals surface area contributed by atoms with Gasteiger partial charge in [-0.05, 0) is 47.7 Å². The maximum absolute atomic E-state index is 13.4. The summed E-state index contributed by atoms with van der Waals surface area (Å²) in [7, 11) is 4.88. The van der Waals surface area contributed by atoms with E-state index < -0.39 is 17.6 Å². The Balaban J connectivity index is 1.88. The number of ether oxygens (including phenoxy) is 1. The first-order valence-electron chi connectivity index (χ1n) is 9.57. The number of hydrogen-bond acceptors (Lipinski definition) is 6. The molecule has 0 fully saturated rings. The van der Waals surface area contributed by atoms with E-state index in [-0.39, 0.29) is 11.2 Å². The van der Waals surface area contributed by atoms with Crippen LogP contribution in [-0.4, -0.2) is 66.5 Å². The van der Waals surface area contributed by atoms with Gasteiger partial charge in [-0.25, -0.2) is 4.98 Å². The van der Waals surface area contributed by atoms with Crippen LogP contribution in [0.5, 0.6) is 5.75 Å². The van der Waals surface area contributed by atoms with Crippen LogP contribution < -0.4 is 10.1 Å². The average molecular weight is 458 g/mol. The van der Waals surface area contributed by atoms with Gasteiger partial charge in [0.2, 0.25) is 11.2 Å². The lowest BCUT2D eigenvalue weighted by Crippen LogP contribution is -2.37. The maximum atomic E-state index is 13.4. The van der Waals surface area contributed by atoms with E-state index in [0.29, 0.717) is 50.1 Å². The van der Waals surface area contributed by atoms with E-state index in [0.717, 1.165) is 11.1 Å². The molecular formula is C20H23ClF3N5O2. The monoisotopic (exact) mass is 457 g/mol. The zero-order chi connectivity index (χ0) is 22.8. The third kappa shape index (κ3) is 5.56. The topological polar surface area (TPSA) is 70.6 Å². The molecule has 0 aliphatic carbocycles. The Bertz CT molecular complexity index is 969. The van der Waals surface area contributed by atoms with E-state index in [1.54, 1.807) is 25.1 Å². The fourth-order valence-electron chi connectivity index (χ4n) is 3.35. The molecule has 168 valence electrons. The number of hydrogen-bond donors (Lipinski definition) is 1. The third-order valence-electron chi connectivity index (χ3n) is 5.09. The van der Waals surface area contributed by atoms with E-state index >= 15 is 0 Å². The van der Waals surface area contributed by atoms with Gasteiger partial charge in [-0.3, -0.25) is 9.69 Å². The SMILES string of the molecule is COc1cc2c(cc1Nc1nc(Cl)ncc1C(F)(F)F)CCN(CC(=O)N(C)C)CC2. The number of nitrogens with zero attached hydrogens (tertiary/aromatic N) is 4. The number of aromatic nitrogens is 2. The number of nitrogens with one attached hydrogen (secondary N) is 1. The highest BCUT2D eigenvalue weighted by Gasteiger charge is 2.35. The minimum absolute atomic E-state index is 0.0196. The van der Waals surface area contributed by atoms with Crippen molar-refractivity contribution in [3.63, 3.8) is 0 Å². The molecule has 0 unspecified atom stereocenters. The number of alkyl halides is 3. The lowest BCUT2D eigenvalue weighted by atomic mass is 10.0. The zero-order valence-electron chi connectivity index (χ0n) is 17.4. The predicted octanol–water partition coefficient (Wildman–Crippen LogP) is 3.39. The molecule has 3 rings (SSSR count). The highest BCUT2D eigenvalue weighted by molar-refractivity contribution is 6.28. The first-order chi connectivity index (χ1) is 14.6. The number of anilines is 2. The van der Waals surface area contributed by atoms with Crippen LogP contribution >= 0.6 is 11.6 Å². The number of amides is 1. The fraction of sp³-hybridized carbons (Fsp3) is 0.450. The fourth-order valence-corrected chi connectivity index (χ4v) is 3.48. The van der Waals surface area contributed by atoms with Gasteiger partial charge in [0.1, 0.15) is 17.1 Å². The van der Waals surface area contributed by atoms with E-state index in [2.05, 4.69) is 20.2 Å². The number of carbonyl (C=O) groups is 1. The Kier molecular flexibility index (Phi) is 6.90. The third-order valence-corrected chi connectivity index (χ3v) is 5.27. The summed E-state index contributed by atoms with van der Waals surface area (Å²) in [6.07, 6.45) is -2.66. The van der Waals surface area contributed by atoms with E-state index in [4.69, 9.17) is 16.3 Å². The molecule has 31 heavy (non-hydrogen) atoms. The highest BCUT2D eigenvalue weighted by atomic mass is 35.5. The Labute approximate surface area is 183 Å². The number of likely N-dealkylation sites (N-methyl/N-ethyl adjacent to an activating group) is 1. The second kappa shape index (κ2) is 9.27. The second-order valence-electron chi connectivity index (χ2n) is 7.41. The molecule has 7 nitrogen and oxygen atoms in total. The first kappa shape index (κ1) is 23.1. The summed E-state index contributed by atoms with van der Waals surface area (Å²) >= 11 is 5.73. The van der Waals surface area contributed by atoms with Crippen molar-refractivity contribution in [3.8, 4) is 5.75 Å². The Morgan fingerprint density at radius 2 is 1.90 bits per heavy atom. The van der Waals surface area contributed by atoms with Gasteiger partial charge >= 0.3 is 6.18 Å². The van der Waals surface area contributed by atoms with E-state index in [1.807, 2.05) is 6.07 Å². The molecular weight excluding hydrogens is 435 g/mol. The Morgan fingerprint density at radius 3 is 2.48 bits per heavy atom. The molecule has 1 aromatic heterocycles. The van der Waals surface area contributed by atoms with Crippen molar-refractivity contribution in [2.45, 2.75) is 19.0 Å². The molecule has 11 heteroatoms. The van der Waals surface area contributed by atoms with Crippen molar-refractivity contribution in [1.29, 1.82) is 0 Å². The summed E-state index contributed by atoms with van der Waals surface area (Å²) in [5, 5.41) is 2.41. The Morgan fingerprint density at radius 1 is 1.26 bits per heavy atom. The molecule has 2 heterocycles. The van der Waals surface area contributed by atoms with Gasteiger partial charge in [0, 0.05) is 33.4 Å². The molecule has 0 atom stereocenters. The van der Waals surface area contributed by atoms with Crippen LogP contribution in [0.25, 0.3) is 0 Å². The lowest BCUT2D eigenvalue weighted by molar-refractivity contribution is -0.137. The molecule has 0 saturated heterocycles. The molecule has 1 N–H and O–H groups in total. The van der Waals surface area contributed by atoms with Crippen LogP contribution in [-0.2, 0) is 23.8 Å². The molecule has 1 aliphatic heterocycles. The van der Waals surface area contributed by atoms with E-state index in [9.17, 15) is 18.0 Å². The van der Waals surface area contributed by atoms with Crippen LogP contribution in [0.3, 0.4) is 0 Å². The highest BCUT2D eigenvalue weighted by Crippen LogP contribution is 2.38.